The van der Waals surface area contributed by atoms with E-state index in [1.54, 1.807) is 25.1 Å². The van der Waals surface area contributed by atoms with E-state index in [0.29, 0.717) is 32.3 Å². The quantitative estimate of drug-likeness (QED) is 0.331. The van der Waals surface area contributed by atoms with E-state index in [1.165, 1.54) is 12.1 Å². The molecule has 1 unspecified atom stereocenters. The summed E-state index contributed by atoms with van der Waals surface area (Å²) in [4.78, 5) is 4.81. The van der Waals surface area contributed by atoms with E-state index in [-0.39, 0.29) is 5.92 Å². The molecule has 1 heterocycles. The van der Waals surface area contributed by atoms with Gasteiger partial charge in [-0.15, -0.1) is 11.3 Å². The Labute approximate surface area is 195 Å². The predicted molar refractivity (Wildman–Crippen MR) is 114 cm³/mol. The SMILES string of the molecule is Cc1nc(-c2ccc(C(F)(F)F)cc2)sc1C(OCC(F)(F)F)c1ccc(C#N)c(C2CC2)c1. The first-order chi connectivity index (χ1) is 16.0. The number of alkyl halides is 6. The van der Waals surface area contributed by atoms with Gasteiger partial charge in [0.15, 0.2) is 0 Å². The zero-order valence-corrected chi connectivity index (χ0v) is 18.6. The summed E-state index contributed by atoms with van der Waals surface area (Å²) in [5.41, 5.74) is 1.76. The normalized spacial score (nSPS) is 15.2. The number of rotatable bonds is 6. The lowest BCUT2D eigenvalue weighted by atomic mass is 9.97. The Morgan fingerprint density at radius 1 is 1.09 bits per heavy atom. The fourth-order valence-corrected chi connectivity index (χ4v) is 4.81. The Kier molecular flexibility index (Phi) is 6.44. The number of ether oxygens (including phenoxy) is 1. The summed E-state index contributed by atoms with van der Waals surface area (Å²) in [6, 6.07) is 11.4. The van der Waals surface area contributed by atoms with Crippen LogP contribution in [0.3, 0.4) is 0 Å². The summed E-state index contributed by atoms with van der Waals surface area (Å²) in [5, 5.41) is 9.76. The van der Waals surface area contributed by atoms with E-state index in [4.69, 9.17) is 4.74 Å². The molecule has 0 N–H and O–H groups in total. The molecule has 34 heavy (non-hydrogen) atoms. The summed E-state index contributed by atoms with van der Waals surface area (Å²) >= 11 is 1.07. The van der Waals surface area contributed by atoms with Crippen molar-refractivity contribution in [2.45, 2.75) is 44.1 Å². The predicted octanol–water partition coefficient (Wildman–Crippen LogP) is 7.55. The van der Waals surface area contributed by atoms with Crippen LogP contribution in [-0.2, 0) is 10.9 Å². The number of benzene rings is 2. The third-order valence-corrected chi connectivity index (χ3v) is 6.71. The zero-order valence-electron chi connectivity index (χ0n) is 17.8. The van der Waals surface area contributed by atoms with Crippen molar-refractivity contribution in [2.24, 2.45) is 0 Å². The number of nitrogens with zero attached hydrogens (tertiary/aromatic N) is 2. The summed E-state index contributed by atoms with van der Waals surface area (Å²) in [6.07, 6.45) is -8.31. The molecule has 1 aromatic heterocycles. The minimum atomic E-state index is -4.56. The van der Waals surface area contributed by atoms with Crippen molar-refractivity contribution >= 4 is 11.3 Å². The van der Waals surface area contributed by atoms with Gasteiger partial charge in [-0.3, -0.25) is 0 Å². The van der Waals surface area contributed by atoms with Crippen molar-refractivity contribution in [1.29, 1.82) is 5.26 Å². The summed E-state index contributed by atoms with van der Waals surface area (Å²) in [7, 11) is 0. The number of aromatic nitrogens is 1. The standard InChI is InChI=1S/C24H18F6N2OS/c1-13-21(34-22(32-13)15-6-8-18(9-7-15)24(28,29)30)20(33-12-23(25,26)27)16-4-5-17(11-31)19(10-16)14-2-3-14/h4-10,14,20H,2-3,12H2,1H3. The van der Waals surface area contributed by atoms with Gasteiger partial charge >= 0.3 is 12.4 Å². The van der Waals surface area contributed by atoms with E-state index in [0.717, 1.165) is 41.9 Å². The summed E-state index contributed by atoms with van der Waals surface area (Å²) in [5.74, 6) is 0.197. The molecular formula is C24H18F6N2OS. The van der Waals surface area contributed by atoms with Gasteiger partial charge in [-0.05, 0) is 55.0 Å². The number of hydrogen-bond donors (Lipinski definition) is 0. The van der Waals surface area contributed by atoms with Gasteiger partial charge in [0.05, 0.1) is 27.8 Å². The van der Waals surface area contributed by atoms with Crippen LogP contribution in [0, 0.1) is 18.3 Å². The molecule has 0 aliphatic heterocycles. The molecule has 2 aromatic carbocycles. The van der Waals surface area contributed by atoms with Crippen molar-refractivity contribution in [3.63, 3.8) is 0 Å². The Morgan fingerprint density at radius 2 is 1.76 bits per heavy atom. The Hall–Kier alpha value is -2.90. The third kappa shape index (κ3) is 5.42. The first-order valence-electron chi connectivity index (χ1n) is 10.3. The smallest absolute Gasteiger partial charge is 0.358 e. The lowest BCUT2D eigenvalue weighted by molar-refractivity contribution is -0.181. The minimum absolute atomic E-state index is 0.197. The van der Waals surface area contributed by atoms with E-state index in [9.17, 15) is 31.6 Å². The molecule has 0 saturated heterocycles. The zero-order chi connectivity index (χ0) is 24.7. The van der Waals surface area contributed by atoms with E-state index >= 15 is 0 Å². The van der Waals surface area contributed by atoms with Crippen molar-refractivity contribution < 1.29 is 31.1 Å². The van der Waals surface area contributed by atoms with Crippen LogP contribution in [0.25, 0.3) is 10.6 Å². The fraction of sp³-hybridized carbons (Fsp3) is 0.333. The molecule has 4 rings (SSSR count). The monoisotopic (exact) mass is 496 g/mol. The van der Waals surface area contributed by atoms with Crippen LogP contribution >= 0.6 is 11.3 Å². The highest BCUT2D eigenvalue weighted by Gasteiger charge is 2.34. The molecule has 3 aromatic rings. The number of halogens is 6. The van der Waals surface area contributed by atoms with Crippen molar-refractivity contribution in [1.82, 2.24) is 4.98 Å². The van der Waals surface area contributed by atoms with Crippen LogP contribution < -0.4 is 0 Å². The van der Waals surface area contributed by atoms with Crippen molar-refractivity contribution in [3.05, 3.63) is 75.3 Å². The molecule has 10 heteroatoms. The average molecular weight is 496 g/mol. The van der Waals surface area contributed by atoms with Crippen molar-refractivity contribution in [3.8, 4) is 16.6 Å². The van der Waals surface area contributed by atoms with Gasteiger partial charge in [0.1, 0.15) is 17.7 Å². The van der Waals surface area contributed by atoms with Gasteiger partial charge in [0.2, 0.25) is 0 Å². The second-order valence-corrected chi connectivity index (χ2v) is 9.11. The number of aryl methyl sites for hydroxylation is 1. The highest BCUT2D eigenvalue weighted by molar-refractivity contribution is 7.15. The molecule has 1 saturated carbocycles. The topological polar surface area (TPSA) is 45.9 Å². The van der Waals surface area contributed by atoms with Gasteiger partial charge in [-0.1, -0.05) is 24.3 Å². The first kappa shape index (κ1) is 24.2. The maximum atomic E-state index is 13.0. The molecule has 0 spiro atoms. The lowest BCUT2D eigenvalue weighted by Crippen LogP contribution is -2.20. The molecule has 178 valence electrons. The van der Waals surface area contributed by atoms with Crippen LogP contribution in [0.4, 0.5) is 26.3 Å². The summed E-state index contributed by atoms with van der Waals surface area (Å²) in [6.45, 7) is 0.137. The molecule has 1 fully saturated rings. The second-order valence-electron chi connectivity index (χ2n) is 8.08. The van der Waals surface area contributed by atoms with Gasteiger partial charge in [-0.25, -0.2) is 4.98 Å². The van der Waals surface area contributed by atoms with Crippen LogP contribution in [0.15, 0.2) is 42.5 Å². The third-order valence-electron chi connectivity index (χ3n) is 5.46. The van der Waals surface area contributed by atoms with Crippen molar-refractivity contribution in [2.75, 3.05) is 6.61 Å². The Balaban J connectivity index is 1.72. The van der Waals surface area contributed by atoms with E-state index in [1.807, 2.05) is 0 Å². The van der Waals surface area contributed by atoms with E-state index in [2.05, 4.69) is 11.1 Å². The molecule has 0 amide bonds. The maximum Gasteiger partial charge on any atom is 0.416 e. The number of hydrogen-bond acceptors (Lipinski definition) is 4. The molecule has 0 radical (unpaired) electrons. The fourth-order valence-electron chi connectivity index (χ4n) is 3.66. The highest BCUT2D eigenvalue weighted by Crippen LogP contribution is 2.44. The molecule has 1 aliphatic carbocycles. The van der Waals surface area contributed by atoms with Gasteiger partial charge in [-0.2, -0.15) is 31.6 Å². The maximum absolute atomic E-state index is 13.0. The molecule has 3 nitrogen and oxygen atoms in total. The molecule has 1 aliphatic rings. The minimum Gasteiger partial charge on any atom is -0.358 e. The van der Waals surface area contributed by atoms with Gasteiger partial charge < -0.3 is 4.74 Å². The number of nitriles is 1. The van der Waals surface area contributed by atoms with Gasteiger partial charge in [0, 0.05) is 5.56 Å². The number of thiazole rings is 1. The first-order valence-corrected chi connectivity index (χ1v) is 11.1. The van der Waals surface area contributed by atoms with Crippen LogP contribution in [0.1, 0.15) is 57.7 Å². The molecular weight excluding hydrogens is 478 g/mol. The van der Waals surface area contributed by atoms with E-state index < -0.39 is 30.6 Å². The largest absolute Gasteiger partial charge is 0.416 e. The molecule has 1 atom stereocenters. The van der Waals surface area contributed by atoms with Gasteiger partial charge in [0.25, 0.3) is 0 Å². The summed E-state index contributed by atoms with van der Waals surface area (Å²) < 4.78 is 83.0. The average Bonchev–Trinajstić information content (AvgIpc) is 3.55. The van der Waals surface area contributed by atoms with Crippen LogP contribution in [-0.4, -0.2) is 17.8 Å². The Bertz CT molecular complexity index is 1220. The van der Waals surface area contributed by atoms with Crippen LogP contribution in [0.5, 0.6) is 0 Å². The Morgan fingerprint density at radius 3 is 2.32 bits per heavy atom. The second kappa shape index (κ2) is 9.04. The highest BCUT2D eigenvalue weighted by atomic mass is 32.1. The van der Waals surface area contributed by atoms with Crippen LogP contribution in [0.2, 0.25) is 0 Å². The molecule has 0 bridgehead atoms. The lowest BCUT2D eigenvalue weighted by Gasteiger charge is -2.20.